The zero-order valence-corrected chi connectivity index (χ0v) is 11.6. The van der Waals surface area contributed by atoms with Crippen molar-refractivity contribution in [3.05, 3.63) is 45.7 Å². The van der Waals surface area contributed by atoms with Gasteiger partial charge in [0.25, 0.3) is 0 Å². The average molecular weight is 265 g/mol. The molecule has 0 aliphatic heterocycles. The molecule has 0 saturated heterocycles. The first kappa shape index (κ1) is 13.0. The van der Waals surface area contributed by atoms with Crippen molar-refractivity contribution in [2.75, 3.05) is 6.61 Å². The zero-order chi connectivity index (χ0) is 13.1. The highest BCUT2D eigenvalue weighted by Crippen LogP contribution is 2.25. The van der Waals surface area contributed by atoms with Crippen LogP contribution in [0.4, 0.5) is 0 Å². The normalized spacial score (nSPS) is 10.7. The monoisotopic (exact) mass is 264 g/mol. The molecule has 0 bridgehead atoms. The van der Waals surface area contributed by atoms with Gasteiger partial charge in [-0.15, -0.1) is 0 Å². The standard InChI is InChI=1S/C14H17ClN2O/c1-9-6-13(7-10(2)14(9)15)18-5-4-12-8-11(3)16-17-12/h6-8H,4-5H2,1-3H3,(H,16,17). The first-order valence-electron chi connectivity index (χ1n) is 5.96. The predicted molar refractivity (Wildman–Crippen MR) is 73.4 cm³/mol. The van der Waals surface area contributed by atoms with Gasteiger partial charge in [0.05, 0.1) is 12.3 Å². The van der Waals surface area contributed by atoms with E-state index in [-0.39, 0.29) is 0 Å². The van der Waals surface area contributed by atoms with Crippen LogP contribution in [0.25, 0.3) is 0 Å². The summed E-state index contributed by atoms with van der Waals surface area (Å²) >= 11 is 6.11. The number of halogens is 1. The Morgan fingerprint density at radius 3 is 2.39 bits per heavy atom. The summed E-state index contributed by atoms with van der Waals surface area (Å²) in [6.07, 6.45) is 0.797. The van der Waals surface area contributed by atoms with Crippen molar-refractivity contribution in [2.45, 2.75) is 27.2 Å². The highest BCUT2D eigenvalue weighted by molar-refractivity contribution is 6.32. The number of rotatable bonds is 4. The number of H-pyrrole nitrogens is 1. The van der Waals surface area contributed by atoms with Gasteiger partial charge >= 0.3 is 0 Å². The lowest BCUT2D eigenvalue weighted by molar-refractivity contribution is 0.320. The molecule has 0 aliphatic rings. The molecule has 2 aromatic rings. The largest absolute Gasteiger partial charge is 0.493 e. The van der Waals surface area contributed by atoms with E-state index in [0.29, 0.717) is 6.61 Å². The fraction of sp³-hybridized carbons (Fsp3) is 0.357. The summed E-state index contributed by atoms with van der Waals surface area (Å²) in [5.41, 5.74) is 4.18. The second kappa shape index (κ2) is 5.44. The van der Waals surface area contributed by atoms with Gasteiger partial charge in [0, 0.05) is 17.1 Å². The second-order valence-electron chi connectivity index (χ2n) is 4.51. The molecular weight excluding hydrogens is 248 g/mol. The van der Waals surface area contributed by atoms with E-state index in [1.807, 2.05) is 39.0 Å². The number of nitrogens with zero attached hydrogens (tertiary/aromatic N) is 1. The van der Waals surface area contributed by atoms with Crippen molar-refractivity contribution in [3.8, 4) is 5.75 Å². The smallest absolute Gasteiger partial charge is 0.119 e. The first-order valence-corrected chi connectivity index (χ1v) is 6.34. The molecule has 0 spiro atoms. The molecule has 3 nitrogen and oxygen atoms in total. The van der Waals surface area contributed by atoms with Crippen LogP contribution in [0.5, 0.6) is 5.75 Å². The topological polar surface area (TPSA) is 37.9 Å². The van der Waals surface area contributed by atoms with Gasteiger partial charge in [-0.25, -0.2) is 0 Å². The number of aryl methyl sites for hydroxylation is 3. The highest BCUT2D eigenvalue weighted by atomic mass is 35.5. The average Bonchev–Trinajstić information content (AvgIpc) is 2.72. The van der Waals surface area contributed by atoms with Crippen LogP contribution in [0.3, 0.4) is 0 Å². The van der Waals surface area contributed by atoms with Crippen molar-refractivity contribution >= 4 is 11.6 Å². The van der Waals surface area contributed by atoms with Crippen molar-refractivity contribution in [1.82, 2.24) is 10.2 Å². The summed E-state index contributed by atoms with van der Waals surface area (Å²) in [5, 5.41) is 7.90. The third kappa shape index (κ3) is 3.05. The Bertz CT molecular complexity index is 525. The fourth-order valence-electron chi connectivity index (χ4n) is 1.87. The molecule has 18 heavy (non-hydrogen) atoms. The van der Waals surface area contributed by atoms with Gasteiger partial charge in [-0.05, 0) is 50.1 Å². The number of aromatic nitrogens is 2. The first-order chi connectivity index (χ1) is 8.56. The molecule has 96 valence electrons. The van der Waals surface area contributed by atoms with Gasteiger partial charge in [-0.3, -0.25) is 5.10 Å². The van der Waals surface area contributed by atoms with Gasteiger partial charge in [0.15, 0.2) is 0 Å². The van der Waals surface area contributed by atoms with E-state index >= 15 is 0 Å². The molecule has 0 amide bonds. The summed E-state index contributed by atoms with van der Waals surface area (Å²) in [4.78, 5) is 0. The lowest BCUT2D eigenvalue weighted by atomic mass is 10.1. The predicted octanol–water partition coefficient (Wildman–Crippen LogP) is 3.61. The third-order valence-corrected chi connectivity index (χ3v) is 3.39. The minimum absolute atomic E-state index is 0.616. The summed E-state index contributed by atoms with van der Waals surface area (Å²) < 4.78 is 5.72. The summed E-state index contributed by atoms with van der Waals surface area (Å²) in [5.74, 6) is 0.863. The van der Waals surface area contributed by atoms with Crippen molar-refractivity contribution in [1.29, 1.82) is 0 Å². The summed E-state index contributed by atoms with van der Waals surface area (Å²) in [6.45, 7) is 6.58. The van der Waals surface area contributed by atoms with Crippen LogP contribution in [0.15, 0.2) is 18.2 Å². The lowest BCUT2D eigenvalue weighted by Gasteiger charge is -2.09. The molecule has 1 N–H and O–H groups in total. The van der Waals surface area contributed by atoms with Crippen LogP contribution in [0.2, 0.25) is 5.02 Å². The van der Waals surface area contributed by atoms with Crippen molar-refractivity contribution in [3.63, 3.8) is 0 Å². The maximum atomic E-state index is 6.11. The molecule has 2 rings (SSSR count). The van der Waals surface area contributed by atoms with Crippen molar-refractivity contribution < 1.29 is 4.74 Å². The second-order valence-corrected chi connectivity index (χ2v) is 4.89. The molecule has 4 heteroatoms. The SMILES string of the molecule is Cc1cc(CCOc2cc(C)c(Cl)c(C)c2)n[nH]1. The Hall–Kier alpha value is -1.48. The quantitative estimate of drug-likeness (QED) is 0.916. The van der Waals surface area contributed by atoms with Gasteiger partial charge in [-0.2, -0.15) is 5.10 Å². The Labute approximate surface area is 112 Å². The van der Waals surface area contributed by atoms with Crippen molar-refractivity contribution in [2.24, 2.45) is 0 Å². The summed E-state index contributed by atoms with van der Waals surface area (Å²) in [6, 6.07) is 5.96. The number of nitrogens with one attached hydrogen (secondary N) is 1. The lowest BCUT2D eigenvalue weighted by Crippen LogP contribution is -2.02. The minimum Gasteiger partial charge on any atom is -0.493 e. The Morgan fingerprint density at radius 2 is 1.83 bits per heavy atom. The molecule has 0 fully saturated rings. The molecular formula is C14H17ClN2O. The number of hydrogen-bond donors (Lipinski definition) is 1. The minimum atomic E-state index is 0.616. The third-order valence-electron chi connectivity index (χ3n) is 2.80. The van der Waals surface area contributed by atoms with Crippen LogP contribution in [-0.2, 0) is 6.42 Å². The Balaban J connectivity index is 1.94. The fourth-order valence-corrected chi connectivity index (χ4v) is 1.97. The van der Waals surface area contributed by atoms with E-state index in [2.05, 4.69) is 10.2 Å². The van der Waals surface area contributed by atoms with Crippen LogP contribution in [-0.4, -0.2) is 16.8 Å². The van der Waals surface area contributed by atoms with Crippen LogP contribution >= 0.6 is 11.6 Å². The molecule has 1 aromatic carbocycles. The number of hydrogen-bond acceptors (Lipinski definition) is 2. The van der Waals surface area contributed by atoms with E-state index in [1.165, 1.54) is 0 Å². The number of benzene rings is 1. The highest BCUT2D eigenvalue weighted by Gasteiger charge is 2.04. The van der Waals surface area contributed by atoms with E-state index in [1.54, 1.807) is 0 Å². The zero-order valence-electron chi connectivity index (χ0n) is 10.9. The van der Waals surface area contributed by atoms with Gasteiger partial charge in [0.2, 0.25) is 0 Å². The molecule has 0 radical (unpaired) electrons. The van der Waals surface area contributed by atoms with Crippen LogP contribution in [0.1, 0.15) is 22.5 Å². The number of aromatic amines is 1. The maximum absolute atomic E-state index is 6.11. The molecule has 0 unspecified atom stereocenters. The number of ether oxygens (including phenoxy) is 1. The van der Waals surface area contributed by atoms with Gasteiger partial charge < -0.3 is 4.74 Å². The Morgan fingerprint density at radius 1 is 1.17 bits per heavy atom. The van der Waals surface area contributed by atoms with Crippen LogP contribution < -0.4 is 4.74 Å². The van der Waals surface area contributed by atoms with E-state index < -0.39 is 0 Å². The molecule has 0 saturated carbocycles. The Kier molecular flexibility index (Phi) is 3.92. The van der Waals surface area contributed by atoms with Gasteiger partial charge in [-0.1, -0.05) is 11.6 Å². The molecule has 1 heterocycles. The molecule has 0 atom stereocenters. The van der Waals surface area contributed by atoms with E-state index in [0.717, 1.165) is 39.7 Å². The van der Waals surface area contributed by atoms with E-state index in [4.69, 9.17) is 16.3 Å². The van der Waals surface area contributed by atoms with Crippen LogP contribution in [0, 0.1) is 20.8 Å². The molecule has 1 aromatic heterocycles. The van der Waals surface area contributed by atoms with Gasteiger partial charge in [0.1, 0.15) is 5.75 Å². The summed E-state index contributed by atoms with van der Waals surface area (Å²) in [7, 11) is 0. The molecule has 0 aliphatic carbocycles. The van der Waals surface area contributed by atoms with E-state index in [9.17, 15) is 0 Å². The maximum Gasteiger partial charge on any atom is 0.119 e.